The van der Waals surface area contributed by atoms with Crippen molar-refractivity contribution in [3.63, 3.8) is 0 Å². The van der Waals surface area contributed by atoms with Crippen LogP contribution in [0.25, 0.3) is 22.3 Å². The number of H-pyrrole nitrogens is 1. The molecule has 0 aliphatic rings. The van der Waals surface area contributed by atoms with Crippen LogP contribution in [-0.4, -0.2) is 27.6 Å². The highest BCUT2D eigenvalue weighted by Crippen LogP contribution is 2.18. The molecular weight excluding hydrogens is 320 g/mol. The van der Waals surface area contributed by atoms with E-state index in [4.69, 9.17) is 4.52 Å². The molecule has 0 saturated carbocycles. The number of hydrogen-bond acceptors (Lipinski definition) is 5. The van der Waals surface area contributed by atoms with Crippen molar-refractivity contribution in [3.05, 3.63) is 58.7 Å². The van der Waals surface area contributed by atoms with Gasteiger partial charge in [0.1, 0.15) is 0 Å². The smallest absolute Gasteiger partial charge is 0.259 e. The van der Waals surface area contributed by atoms with E-state index >= 15 is 0 Å². The van der Waals surface area contributed by atoms with E-state index in [9.17, 15) is 9.59 Å². The summed E-state index contributed by atoms with van der Waals surface area (Å²) in [7, 11) is 0. The maximum atomic E-state index is 12.3. The van der Waals surface area contributed by atoms with Gasteiger partial charge in [-0.05, 0) is 30.5 Å². The molecule has 0 bridgehead atoms. The Bertz CT molecular complexity index is 987. The number of fused-ring (bicyclic) bond motifs is 1. The molecule has 1 aromatic carbocycles. The van der Waals surface area contributed by atoms with Gasteiger partial charge in [-0.3, -0.25) is 9.59 Å². The van der Waals surface area contributed by atoms with Crippen molar-refractivity contribution in [1.82, 2.24) is 20.4 Å². The van der Waals surface area contributed by atoms with Gasteiger partial charge in [0, 0.05) is 24.9 Å². The summed E-state index contributed by atoms with van der Waals surface area (Å²) in [5.41, 5.74) is 1.89. The molecule has 3 aromatic rings. The van der Waals surface area contributed by atoms with Crippen molar-refractivity contribution < 1.29 is 9.32 Å². The van der Waals surface area contributed by atoms with Crippen molar-refractivity contribution in [2.24, 2.45) is 0 Å². The number of aryl methyl sites for hydroxylation is 2. The van der Waals surface area contributed by atoms with E-state index in [0.29, 0.717) is 24.4 Å². The van der Waals surface area contributed by atoms with Crippen LogP contribution in [0.1, 0.15) is 17.9 Å². The molecule has 128 valence electrons. The lowest BCUT2D eigenvalue weighted by Gasteiger charge is -2.01. The van der Waals surface area contributed by atoms with E-state index in [1.807, 2.05) is 25.1 Å². The number of pyridine rings is 1. The topological polar surface area (TPSA) is 101 Å². The van der Waals surface area contributed by atoms with Gasteiger partial charge in [0.2, 0.25) is 17.6 Å². The average molecular weight is 338 g/mol. The number of carbonyl (C=O) groups is 1. The molecule has 7 heteroatoms. The number of hydrogen-bond donors (Lipinski definition) is 2. The SMILES string of the molecule is C=CCNC(=O)CCc1nc(-c2cc3cc(C)ccc3[nH]c2=O)no1. The minimum Gasteiger partial charge on any atom is -0.353 e. The number of amides is 1. The van der Waals surface area contributed by atoms with E-state index in [0.717, 1.165) is 16.5 Å². The Morgan fingerprint density at radius 3 is 3.04 bits per heavy atom. The highest BCUT2D eigenvalue weighted by Gasteiger charge is 2.14. The van der Waals surface area contributed by atoms with Crippen molar-refractivity contribution in [3.8, 4) is 11.4 Å². The third-order valence-corrected chi connectivity index (χ3v) is 3.72. The van der Waals surface area contributed by atoms with Gasteiger partial charge in [0.25, 0.3) is 5.56 Å². The second-order valence-electron chi connectivity index (χ2n) is 5.71. The molecule has 0 radical (unpaired) electrons. The first-order valence-electron chi connectivity index (χ1n) is 7.91. The van der Waals surface area contributed by atoms with Gasteiger partial charge in [-0.1, -0.05) is 22.9 Å². The maximum Gasteiger partial charge on any atom is 0.259 e. The molecule has 0 spiro atoms. The Balaban J connectivity index is 1.81. The van der Waals surface area contributed by atoms with Gasteiger partial charge >= 0.3 is 0 Å². The zero-order valence-corrected chi connectivity index (χ0v) is 13.8. The number of carbonyl (C=O) groups excluding carboxylic acids is 1. The van der Waals surface area contributed by atoms with Crippen LogP contribution in [0.15, 0.2) is 46.2 Å². The van der Waals surface area contributed by atoms with Crippen LogP contribution in [0.5, 0.6) is 0 Å². The van der Waals surface area contributed by atoms with E-state index in [1.54, 1.807) is 12.1 Å². The quantitative estimate of drug-likeness (QED) is 0.671. The fraction of sp³-hybridized carbons (Fsp3) is 0.222. The zero-order valence-electron chi connectivity index (χ0n) is 13.8. The summed E-state index contributed by atoms with van der Waals surface area (Å²) in [4.78, 5) is 30.9. The van der Waals surface area contributed by atoms with Gasteiger partial charge in [-0.2, -0.15) is 4.98 Å². The van der Waals surface area contributed by atoms with E-state index < -0.39 is 0 Å². The molecule has 7 nitrogen and oxygen atoms in total. The number of benzene rings is 1. The standard InChI is InChI=1S/C18H18N4O3/c1-3-8-19-15(23)6-7-16-21-17(22-25-16)13-10-12-9-11(2)4-5-14(12)20-18(13)24/h3-5,9-10H,1,6-8H2,2H3,(H,19,23)(H,20,24). The third kappa shape index (κ3) is 3.82. The largest absolute Gasteiger partial charge is 0.353 e. The summed E-state index contributed by atoms with van der Waals surface area (Å²) < 4.78 is 5.15. The van der Waals surface area contributed by atoms with Crippen molar-refractivity contribution in [2.45, 2.75) is 19.8 Å². The molecule has 0 aliphatic carbocycles. The summed E-state index contributed by atoms with van der Waals surface area (Å²) in [5.74, 6) is 0.400. The number of rotatable bonds is 6. The first kappa shape index (κ1) is 16.6. The van der Waals surface area contributed by atoms with E-state index in [-0.39, 0.29) is 23.7 Å². The molecule has 0 unspecified atom stereocenters. The molecule has 0 atom stereocenters. The van der Waals surface area contributed by atoms with Gasteiger partial charge in [-0.15, -0.1) is 6.58 Å². The Labute approximate surface area is 143 Å². The van der Waals surface area contributed by atoms with Crippen LogP contribution in [0.3, 0.4) is 0 Å². The zero-order chi connectivity index (χ0) is 17.8. The average Bonchev–Trinajstić information content (AvgIpc) is 3.06. The molecule has 0 aliphatic heterocycles. The molecular formula is C18H18N4O3. The van der Waals surface area contributed by atoms with Crippen LogP contribution < -0.4 is 10.9 Å². The van der Waals surface area contributed by atoms with Gasteiger partial charge in [0.15, 0.2) is 0 Å². The molecule has 2 aromatic heterocycles. The summed E-state index contributed by atoms with van der Waals surface area (Å²) >= 11 is 0. The van der Waals surface area contributed by atoms with Crippen molar-refractivity contribution >= 4 is 16.8 Å². The normalized spacial score (nSPS) is 10.8. The highest BCUT2D eigenvalue weighted by molar-refractivity contribution is 5.83. The molecule has 25 heavy (non-hydrogen) atoms. The molecule has 2 heterocycles. The van der Waals surface area contributed by atoms with Gasteiger partial charge < -0.3 is 14.8 Å². The fourth-order valence-electron chi connectivity index (χ4n) is 2.45. The summed E-state index contributed by atoms with van der Waals surface area (Å²) in [6.45, 7) is 5.93. The summed E-state index contributed by atoms with van der Waals surface area (Å²) in [6.07, 6.45) is 2.14. The summed E-state index contributed by atoms with van der Waals surface area (Å²) in [6, 6.07) is 7.51. The fourth-order valence-corrected chi connectivity index (χ4v) is 2.45. The number of aromatic nitrogens is 3. The van der Waals surface area contributed by atoms with Gasteiger partial charge in [0.05, 0.1) is 5.56 Å². The lowest BCUT2D eigenvalue weighted by Crippen LogP contribution is -2.23. The first-order chi connectivity index (χ1) is 12.1. The van der Waals surface area contributed by atoms with Crippen LogP contribution >= 0.6 is 0 Å². The third-order valence-electron chi connectivity index (χ3n) is 3.72. The van der Waals surface area contributed by atoms with Crippen LogP contribution in [0.4, 0.5) is 0 Å². The minimum atomic E-state index is -0.285. The lowest BCUT2D eigenvalue weighted by atomic mass is 10.1. The van der Waals surface area contributed by atoms with Gasteiger partial charge in [-0.25, -0.2) is 0 Å². The van der Waals surface area contributed by atoms with E-state index in [1.165, 1.54) is 0 Å². The number of nitrogens with zero attached hydrogens (tertiary/aromatic N) is 2. The molecule has 3 rings (SSSR count). The Hall–Kier alpha value is -3.22. The monoisotopic (exact) mass is 338 g/mol. The predicted octanol–water partition coefficient (Wildman–Crippen LogP) is 2.12. The molecule has 1 amide bonds. The second-order valence-corrected chi connectivity index (χ2v) is 5.71. The number of aromatic amines is 1. The van der Waals surface area contributed by atoms with Crippen LogP contribution in [0.2, 0.25) is 0 Å². The Kier molecular flexibility index (Phi) is 4.74. The van der Waals surface area contributed by atoms with Crippen LogP contribution in [0, 0.1) is 6.92 Å². The van der Waals surface area contributed by atoms with E-state index in [2.05, 4.69) is 27.0 Å². The highest BCUT2D eigenvalue weighted by atomic mass is 16.5. The Morgan fingerprint density at radius 1 is 1.40 bits per heavy atom. The first-order valence-corrected chi connectivity index (χ1v) is 7.91. The maximum absolute atomic E-state index is 12.3. The predicted molar refractivity (Wildman–Crippen MR) is 94.1 cm³/mol. The molecule has 2 N–H and O–H groups in total. The minimum absolute atomic E-state index is 0.126. The summed E-state index contributed by atoms with van der Waals surface area (Å²) in [5, 5.41) is 7.43. The van der Waals surface area contributed by atoms with Crippen LogP contribution in [-0.2, 0) is 11.2 Å². The molecule has 0 saturated heterocycles. The van der Waals surface area contributed by atoms with Crippen molar-refractivity contribution in [1.29, 1.82) is 0 Å². The molecule has 0 fully saturated rings. The Morgan fingerprint density at radius 2 is 2.24 bits per heavy atom. The lowest BCUT2D eigenvalue weighted by molar-refractivity contribution is -0.120. The number of nitrogens with one attached hydrogen (secondary N) is 2. The second kappa shape index (κ2) is 7.12. The van der Waals surface area contributed by atoms with Crippen molar-refractivity contribution in [2.75, 3.05) is 6.54 Å².